The van der Waals surface area contributed by atoms with Crippen molar-refractivity contribution in [1.82, 2.24) is 4.90 Å². The van der Waals surface area contributed by atoms with Crippen molar-refractivity contribution in [2.24, 2.45) is 0 Å². The summed E-state index contributed by atoms with van der Waals surface area (Å²) in [7, 11) is 3.92. The fraction of sp³-hybridized carbons (Fsp3) is 0.417. The Labute approximate surface area is 107 Å². The molecule has 0 atom stereocenters. The lowest BCUT2D eigenvalue weighted by molar-refractivity contribution is 0.0493. The molecule has 0 fully saturated rings. The molecule has 1 rings (SSSR count). The first-order valence-electron chi connectivity index (χ1n) is 5.17. The lowest BCUT2D eigenvalue weighted by Gasteiger charge is -2.09. The second-order valence-corrected chi connectivity index (χ2v) is 3.80. The van der Waals surface area contributed by atoms with Crippen LogP contribution in [0.15, 0.2) is 24.3 Å². The third-order valence-electron chi connectivity index (χ3n) is 2.06. The van der Waals surface area contributed by atoms with Gasteiger partial charge in [0.05, 0.1) is 12.2 Å². The molecule has 1 aromatic rings. The van der Waals surface area contributed by atoms with Gasteiger partial charge in [0.15, 0.2) is 0 Å². The molecule has 0 saturated heterocycles. The molecule has 0 amide bonds. The minimum atomic E-state index is -0.404. The van der Waals surface area contributed by atoms with E-state index in [1.807, 2.05) is 19.0 Å². The highest BCUT2D eigenvalue weighted by Gasteiger charge is 2.06. The van der Waals surface area contributed by atoms with E-state index in [1.165, 1.54) is 24.3 Å². The largest absolute Gasteiger partial charge is 0.462 e. The Kier molecular flexibility index (Phi) is 7.50. The van der Waals surface area contributed by atoms with Gasteiger partial charge in [-0.1, -0.05) is 0 Å². The second-order valence-electron chi connectivity index (χ2n) is 3.80. The molecule has 5 heteroatoms. The Morgan fingerprint density at radius 1 is 1.29 bits per heavy atom. The maximum atomic E-state index is 12.6. The normalized spacial score (nSPS) is 9.88. The fourth-order valence-electron chi connectivity index (χ4n) is 1.21. The molecule has 0 saturated carbocycles. The second kappa shape index (κ2) is 8.03. The van der Waals surface area contributed by atoms with Gasteiger partial charge in [-0.25, -0.2) is 9.18 Å². The monoisotopic (exact) mass is 261 g/mol. The summed E-state index contributed by atoms with van der Waals surface area (Å²) in [5.74, 6) is -0.761. The topological polar surface area (TPSA) is 29.5 Å². The Bertz CT molecular complexity index is 341. The van der Waals surface area contributed by atoms with Crippen molar-refractivity contribution in [2.75, 3.05) is 27.2 Å². The molecule has 0 bridgehead atoms. The van der Waals surface area contributed by atoms with Crippen LogP contribution in [0.3, 0.4) is 0 Å². The van der Waals surface area contributed by atoms with Crippen LogP contribution in [0.4, 0.5) is 4.39 Å². The number of nitrogens with zero attached hydrogens (tertiary/aromatic N) is 1. The van der Waals surface area contributed by atoms with Crippen LogP contribution in [0.25, 0.3) is 0 Å². The van der Waals surface area contributed by atoms with Crippen LogP contribution in [0.2, 0.25) is 0 Å². The van der Waals surface area contributed by atoms with Gasteiger partial charge in [-0.15, -0.1) is 12.4 Å². The quantitative estimate of drug-likeness (QED) is 0.602. The van der Waals surface area contributed by atoms with Gasteiger partial charge in [0.2, 0.25) is 0 Å². The predicted octanol–water partition coefficient (Wildman–Crippen LogP) is 2.36. The first kappa shape index (κ1) is 15.9. The molecule has 0 aliphatic heterocycles. The predicted molar refractivity (Wildman–Crippen MR) is 67.1 cm³/mol. The van der Waals surface area contributed by atoms with Gasteiger partial charge >= 0.3 is 5.97 Å². The maximum absolute atomic E-state index is 12.6. The van der Waals surface area contributed by atoms with Crippen molar-refractivity contribution in [3.8, 4) is 0 Å². The molecule has 0 aliphatic carbocycles. The number of benzene rings is 1. The van der Waals surface area contributed by atoms with E-state index in [9.17, 15) is 9.18 Å². The summed E-state index contributed by atoms with van der Waals surface area (Å²) in [5.41, 5.74) is 0.381. The van der Waals surface area contributed by atoms with Crippen LogP contribution in [0.1, 0.15) is 16.8 Å². The Morgan fingerprint density at radius 2 is 1.88 bits per heavy atom. The van der Waals surface area contributed by atoms with Crippen molar-refractivity contribution in [3.05, 3.63) is 35.6 Å². The van der Waals surface area contributed by atoms with Crippen LogP contribution in [-0.4, -0.2) is 38.1 Å². The molecule has 96 valence electrons. The molecule has 1 aromatic carbocycles. The Hall–Kier alpha value is -1.13. The van der Waals surface area contributed by atoms with E-state index in [1.54, 1.807) is 0 Å². The van der Waals surface area contributed by atoms with E-state index in [2.05, 4.69) is 0 Å². The van der Waals surface area contributed by atoms with E-state index in [-0.39, 0.29) is 18.2 Å². The van der Waals surface area contributed by atoms with E-state index < -0.39 is 5.97 Å². The fourth-order valence-corrected chi connectivity index (χ4v) is 1.21. The summed E-state index contributed by atoms with van der Waals surface area (Å²) >= 11 is 0. The number of hydrogen-bond donors (Lipinski definition) is 0. The molecule has 0 heterocycles. The average molecular weight is 262 g/mol. The average Bonchev–Trinajstić information content (AvgIpc) is 2.25. The van der Waals surface area contributed by atoms with Crippen molar-refractivity contribution < 1.29 is 13.9 Å². The van der Waals surface area contributed by atoms with Gasteiger partial charge in [0, 0.05) is 6.54 Å². The molecule has 17 heavy (non-hydrogen) atoms. The van der Waals surface area contributed by atoms with Gasteiger partial charge in [0.1, 0.15) is 5.82 Å². The summed E-state index contributed by atoms with van der Waals surface area (Å²) in [4.78, 5) is 13.5. The van der Waals surface area contributed by atoms with E-state index in [0.29, 0.717) is 12.2 Å². The maximum Gasteiger partial charge on any atom is 0.338 e. The lowest BCUT2D eigenvalue weighted by Crippen LogP contribution is -2.16. The zero-order valence-electron chi connectivity index (χ0n) is 9.98. The summed E-state index contributed by atoms with van der Waals surface area (Å²) in [6.45, 7) is 1.26. The number of halogens is 2. The highest BCUT2D eigenvalue weighted by molar-refractivity contribution is 5.89. The standard InChI is InChI=1S/C12H16FNO2.ClH/c1-14(2)8-3-9-16-12(15)10-4-6-11(13)7-5-10;/h4-7H,3,8-9H2,1-2H3;1H. The van der Waals surface area contributed by atoms with Crippen LogP contribution in [0.5, 0.6) is 0 Å². The summed E-state index contributed by atoms with van der Waals surface area (Å²) in [5, 5.41) is 0. The van der Waals surface area contributed by atoms with Gasteiger partial charge in [-0.05, 0) is 44.8 Å². The van der Waals surface area contributed by atoms with Crippen LogP contribution < -0.4 is 0 Å². The molecular formula is C12H17ClFNO2. The number of esters is 1. The zero-order valence-corrected chi connectivity index (χ0v) is 10.8. The molecule has 0 radical (unpaired) electrons. The van der Waals surface area contributed by atoms with E-state index in [0.717, 1.165) is 13.0 Å². The summed E-state index contributed by atoms with van der Waals surface area (Å²) in [6, 6.07) is 5.33. The van der Waals surface area contributed by atoms with Crippen molar-refractivity contribution in [2.45, 2.75) is 6.42 Å². The molecule has 0 aromatic heterocycles. The highest BCUT2D eigenvalue weighted by Crippen LogP contribution is 2.04. The summed E-state index contributed by atoms with van der Waals surface area (Å²) < 4.78 is 17.6. The zero-order chi connectivity index (χ0) is 12.0. The summed E-state index contributed by atoms with van der Waals surface area (Å²) in [6.07, 6.45) is 0.792. The van der Waals surface area contributed by atoms with Gasteiger partial charge in [-0.2, -0.15) is 0 Å². The molecule has 0 unspecified atom stereocenters. The highest BCUT2D eigenvalue weighted by atomic mass is 35.5. The Morgan fingerprint density at radius 3 is 2.41 bits per heavy atom. The SMILES string of the molecule is CN(C)CCCOC(=O)c1ccc(F)cc1.Cl. The molecular weight excluding hydrogens is 245 g/mol. The smallest absolute Gasteiger partial charge is 0.338 e. The van der Waals surface area contributed by atoms with Gasteiger partial charge in [0.25, 0.3) is 0 Å². The van der Waals surface area contributed by atoms with Crippen molar-refractivity contribution in [3.63, 3.8) is 0 Å². The van der Waals surface area contributed by atoms with Crippen LogP contribution in [0, 0.1) is 5.82 Å². The minimum absolute atomic E-state index is 0. The van der Waals surface area contributed by atoms with Crippen molar-refractivity contribution >= 4 is 18.4 Å². The lowest BCUT2D eigenvalue weighted by atomic mass is 10.2. The van der Waals surface area contributed by atoms with Gasteiger partial charge < -0.3 is 9.64 Å². The minimum Gasteiger partial charge on any atom is -0.462 e. The third kappa shape index (κ3) is 6.24. The molecule has 0 N–H and O–H groups in total. The molecule has 0 spiro atoms. The number of ether oxygens (including phenoxy) is 1. The third-order valence-corrected chi connectivity index (χ3v) is 2.06. The Balaban J connectivity index is 0.00000256. The molecule has 3 nitrogen and oxygen atoms in total. The number of carbonyl (C=O) groups excluding carboxylic acids is 1. The van der Waals surface area contributed by atoms with Gasteiger partial charge in [-0.3, -0.25) is 0 Å². The molecule has 0 aliphatic rings. The first-order valence-corrected chi connectivity index (χ1v) is 5.17. The number of hydrogen-bond acceptors (Lipinski definition) is 3. The number of rotatable bonds is 5. The van der Waals surface area contributed by atoms with Crippen molar-refractivity contribution in [1.29, 1.82) is 0 Å². The van der Waals surface area contributed by atoms with Crippen LogP contribution >= 0.6 is 12.4 Å². The van der Waals surface area contributed by atoms with E-state index >= 15 is 0 Å². The van der Waals surface area contributed by atoms with E-state index in [4.69, 9.17) is 4.74 Å². The number of carbonyl (C=O) groups is 1. The van der Waals surface area contributed by atoms with Crippen LogP contribution in [-0.2, 0) is 4.74 Å². The first-order chi connectivity index (χ1) is 7.59.